The maximum atomic E-state index is 13.9. The van der Waals surface area contributed by atoms with Crippen molar-refractivity contribution in [1.29, 1.82) is 0 Å². The number of carbonyl (C=O) groups is 1. The Morgan fingerprint density at radius 1 is 1.26 bits per heavy atom. The highest BCUT2D eigenvalue weighted by Gasteiger charge is 2.39. The van der Waals surface area contributed by atoms with E-state index in [1.165, 1.54) is 19.2 Å². The standard InChI is InChI=1S/C28H40N2O6SSi/c1-8-9-13-35-26-17-24(30(32)33)23(16-25(26)34-5)27(31)29-12-10-20(21-11-14-37-19-21)15-22(29)18-36-38(6,7)28(2,3)4/h11,14-17,19,22H,8-10,12-13,18H2,1-7H3/t22-/m0/s1. The van der Waals surface area contributed by atoms with Gasteiger partial charge in [-0.3, -0.25) is 14.9 Å². The van der Waals surface area contributed by atoms with Gasteiger partial charge in [0.05, 0.1) is 37.4 Å². The van der Waals surface area contributed by atoms with Gasteiger partial charge >= 0.3 is 0 Å². The lowest BCUT2D eigenvalue weighted by atomic mass is 9.97. The summed E-state index contributed by atoms with van der Waals surface area (Å²) in [6.07, 6.45) is 4.47. The number of nitrogens with zero attached hydrogens (tertiary/aromatic N) is 2. The normalized spacial score (nSPS) is 16.2. The van der Waals surface area contributed by atoms with E-state index in [1.807, 2.05) is 12.3 Å². The van der Waals surface area contributed by atoms with Crippen LogP contribution in [0.25, 0.3) is 5.57 Å². The van der Waals surface area contributed by atoms with Crippen molar-refractivity contribution in [3.05, 3.63) is 56.3 Å². The molecule has 1 aromatic heterocycles. The number of hydrogen-bond donors (Lipinski definition) is 0. The highest BCUT2D eigenvalue weighted by Crippen LogP contribution is 2.39. The van der Waals surface area contributed by atoms with Crippen molar-refractivity contribution in [1.82, 2.24) is 4.90 Å². The topological polar surface area (TPSA) is 91.1 Å². The average molecular weight is 561 g/mol. The maximum absolute atomic E-state index is 13.9. The predicted molar refractivity (Wildman–Crippen MR) is 155 cm³/mol. The van der Waals surface area contributed by atoms with Crippen LogP contribution in [-0.2, 0) is 4.43 Å². The van der Waals surface area contributed by atoms with E-state index in [0.29, 0.717) is 31.9 Å². The fraction of sp³-hybridized carbons (Fsp3) is 0.536. The number of nitro benzene ring substituents is 1. The molecule has 10 heteroatoms. The van der Waals surface area contributed by atoms with E-state index in [1.54, 1.807) is 16.2 Å². The second-order valence-corrected chi connectivity index (χ2v) is 16.7. The number of amides is 1. The molecule has 208 valence electrons. The fourth-order valence-electron chi connectivity index (χ4n) is 4.03. The monoisotopic (exact) mass is 560 g/mol. The Balaban J connectivity index is 1.99. The molecule has 1 aromatic carbocycles. The quantitative estimate of drug-likeness (QED) is 0.125. The number of nitro groups is 1. The minimum atomic E-state index is -2.10. The van der Waals surface area contributed by atoms with Crippen molar-refractivity contribution in [2.45, 2.75) is 71.1 Å². The molecule has 1 aliphatic heterocycles. The Morgan fingerprint density at radius 2 is 2.00 bits per heavy atom. The molecule has 0 unspecified atom stereocenters. The van der Waals surface area contributed by atoms with E-state index in [2.05, 4.69) is 51.4 Å². The van der Waals surface area contributed by atoms with E-state index >= 15 is 0 Å². The first-order valence-corrected chi connectivity index (χ1v) is 16.9. The summed E-state index contributed by atoms with van der Waals surface area (Å²) in [6.45, 7) is 14.1. The van der Waals surface area contributed by atoms with Crippen LogP contribution >= 0.6 is 11.3 Å². The van der Waals surface area contributed by atoms with Gasteiger partial charge in [0.1, 0.15) is 5.56 Å². The number of methoxy groups -OCH3 is 1. The van der Waals surface area contributed by atoms with E-state index in [-0.39, 0.29) is 28.1 Å². The van der Waals surface area contributed by atoms with Crippen LogP contribution in [0, 0.1) is 10.1 Å². The number of carbonyl (C=O) groups excluding carboxylic acids is 1. The number of benzene rings is 1. The third kappa shape index (κ3) is 6.84. The molecular formula is C28H40N2O6SSi. The van der Waals surface area contributed by atoms with Crippen LogP contribution < -0.4 is 9.47 Å². The molecule has 3 rings (SSSR count). The Kier molecular flexibility index (Phi) is 9.78. The number of hydrogen-bond acceptors (Lipinski definition) is 7. The van der Waals surface area contributed by atoms with Gasteiger partial charge in [0, 0.05) is 12.6 Å². The van der Waals surface area contributed by atoms with Crippen LogP contribution in [0.2, 0.25) is 18.1 Å². The lowest BCUT2D eigenvalue weighted by molar-refractivity contribution is -0.385. The van der Waals surface area contributed by atoms with Crippen molar-refractivity contribution in [2.24, 2.45) is 0 Å². The first-order chi connectivity index (χ1) is 17.9. The molecule has 0 saturated carbocycles. The Bertz CT molecular complexity index is 1160. The molecule has 0 bridgehead atoms. The molecule has 0 N–H and O–H groups in total. The smallest absolute Gasteiger partial charge is 0.286 e. The van der Waals surface area contributed by atoms with Crippen LogP contribution in [-0.4, -0.2) is 57.0 Å². The summed E-state index contributed by atoms with van der Waals surface area (Å²) in [4.78, 5) is 27.2. The van der Waals surface area contributed by atoms with Gasteiger partial charge in [-0.1, -0.05) is 40.2 Å². The molecule has 2 aromatic rings. The molecular weight excluding hydrogens is 520 g/mol. The third-order valence-corrected chi connectivity index (χ3v) is 12.6. The van der Waals surface area contributed by atoms with Crippen molar-refractivity contribution in [3.63, 3.8) is 0 Å². The van der Waals surface area contributed by atoms with E-state index < -0.39 is 19.1 Å². The number of unbranched alkanes of at least 4 members (excludes halogenated alkanes) is 1. The van der Waals surface area contributed by atoms with Crippen molar-refractivity contribution in [2.75, 3.05) is 26.9 Å². The van der Waals surface area contributed by atoms with Gasteiger partial charge in [-0.15, -0.1) is 0 Å². The number of ether oxygens (including phenoxy) is 2. The van der Waals surface area contributed by atoms with Gasteiger partial charge in [0.25, 0.3) is 11.6 Å². The minimum Gasteiger partial charge on any atom is -0.493 e. The first kappa shape index (κ1) is 29.9. The van der Waals surface area contributed by atoms with Crippen LogP contribution in [0.4, 0.5) is 5.69 Å². The van der Waals surface area contributed by atoms with Crippen LogP contribution in [0.15, 0.2) is 35.0 Å². The fourth-order valence-corrected chi connectivity index (χ4v) is 5.73. The summed E-state index contributed by atoms with van der Waals surface area (Å²) in [5.74, 6) is 0.149. The Morgan fingerprint density at radius 3 is 2.58 bits per heavy atom. The number of thiophene rings is 1. The summed E-state index contributed by atoms with van der Waals surface area (Å²) in [5, 5.41) is 16.2. The van der Waals surface area contributed by atoms with Crippen LogP contribution in [0.5, 0.6) is 11.5 Å². The van der Waals surface area contributed by atoms with E-state index in [9.17, 15) is 14.9 Å². The zero-order chi connectivity index (χ0) is 28.1. The summed E-state index contributed by atoms with van der Waals surface area (Å²) < 4.78 is 17.7. The highest BCUT2D eigenvalue weighted by molar-refractivity contribution is 7.08. The molecule has 0 radical (unpaired) electrons. The molecule has 2 heterocycles. The van der Waals surface area contributed by atoms with E-state index in [4.69, 9.17) is 13.9 Å². The lowest BCUT2D eigenvalue weighted by Gasteiger charge is -2.40. The zero-order valence-corrected chi connectivity index (χ0v) is 25.4. The SMILES string of the molecule is CCCCOc1cc([N+](=O)[O-])c(C(=O)N2CCC(c3ccsc3)=C[C@H]2CO[Si](C)(C)C(C)(C)C)cc1OC. The highest BCUT2D eigenvalue weighted by atomic mass is 32.1. The maximum Gasteiger partial charge on any atom is 0.286 e. The Labute approximate surface area is 230 Å². The molecule has 1 atom stereocenters. The van der Waals surface area contributed by atoms with Crippen LogP contribution in [0.1, 0.15) is 62.9 Å². The summed E-state index contributed by atoms with van der Waals surface area (Å²) >= 11 is 1.63. The second-order valence-electron chi connectivity index (χ2n) is 11.1. The molecule has 0 spiro atoms. The lowest BCUT2D eigenvalue weighted by Crippen LogP contribution is -2.49. The van der Waals surface area contributed by atoms with Gasteiger partial charge in [-0.25, -0.2) is 0 Å². The van der Waals surface area contributed by atoms with E-state index in [0.717, 1.165) is 24.0 Å². The van der Waals surface area contributed by atoms with Crippen LogP contribution in [0.3, 0.4) is 0 Å². The van der Waals surface area contributed by atoms with Gasteiger partial charge < -0.3 is 18.8 Å². The molecule has 0 saturated heterocycles. The van der Waals surface area contributed by atoms with Crippen molar-refractivity contribution >= 4 is 36.8 Å². The molecule has 8 nitrogen and oxygen atoms in total. The van der Waals surface area contributed by atoms with Gasteiger partial charge in [-0.05, 0) is 58.9 Å². The molecule has 38 heavy (non-hydrogen) atoms. The average Bonchev–Trinajstić information content (AvgIpc) is 3.41. The minimum absolute atomic E-state index is 0.0101. The molecule has 1 amide bonds. The van der Waals surface area contributed by atoms with Gasteiger partial charge in [-0.2, -0.15) is 11.3 Å². The van der Waals surface area contributed by atoms with Crippen molar-refractivity contribution in [3.8, 4) is 11.5 Å². The number of rotatable bonds is 11. The Hall–Kier alpha value is -2.69. The second kappa shape index (κ2) is 12.4. The summed E-state index contributed by atoms with van der Waals surface area (Å²) in [5.41, 5.74) is 1.99. The van der Waals surface area contributed by atoms with Gasteiger partial charge in [0.15, 0.2) is 19.8 Å². The van der Waals surface area contributed by atoms with Gasteiger partial charge in [0.2, 0.25) is 0 Å². The molecule has 0 fully saturated rings. The zero-order valence-electron chi connectivity index (χ0n) is 23.5. The predicted octanol–water partition coefficient (Wildman–Crippen LogP) is 7.16. The van der Waals surface area contributed by atoms with Crippen molar-refractivity contribution < 1.29 is 23.6 Å². The third-order valence-electron chi connectivity index (χ3n) is 7.45. The largest absolute Gasteiger partial charge is 0.493 e. The molecule has 1 aliphatic rings. The first-order valence-electron chi connectivity index (χ1n) is 13.1. The summed E-state index contributed by atoms with van der Waals surface area (Å²) in [6, 6.07) is 4.46. The summed E-state index contributed by atoms with van der Waals surface area (Å²) in [7, 11) is -0.631. The molecule has 0 aliphatic carbocycles.